The predicted octanol–water partition coefficient (Wildman–Crippen LogP) is 2.79. The summed E-state index contributed by atoms with van der Waals surface area (Å²) in [5.41, 5.74) is 6.16. The van der Waals surface area contributed by atoms with Gasteiger partial charge in [-0.15, -0.1) is 0 Å². The van der Waals surface area contributed by atoms with E-state index >= 15 is 0 Å². The second kappa shape index (κ2) is 6.05. The molecule has 0 bridgehead atoms. The number of carbonyl (C=O) groups is 1. The lowest BCUT2D eigenvalue weighted by atomic mass is 9.79. The van der Waals surface area contributed by atoms with Crippen LogP contribution < -0.4 is 5.73 Å². The van der Waals surface area contributed by atoms with Crippen molar-refractivity contribution in [2.45, 2.75) is 64.3 Å². The largest absolute Gasteiger partial charge is 0.342 e. The first-order valence-corrected chi connectivity index (χ1v) is 8.68. The Hall–Kier alpha value is -0.570. The smallest absolute Gasteiger partial charge is 0.222 e. The van der Waals surface area contributed by atoms with Crippen LogP contribution in [0.5, 0.6) is 0 Å². The summed E-state index contributed by atoms with van der Waals surface area (Å²) in [6, 6.07) is 0.341. The number of likely N-dealkylation sites (tertiary alicyclic amines) is 1. The van der Waals surface area contributed by atoms with E-state index in [1.165, 1.54) is 38.5 Å². The molecule has 0 radical (unpaired) electrons. The molecule has 2 saturated carbocycles. The molecule has 0 aromatic heterocycles. The van der Waals surface area contributed by atoms with Crippen LogP contribution in [-0.4, -0.2) is 29.9 Å². The Morgan fingerprint density at radius 1 is 1.15 bits per heavy atom. The summed E-state index contributed by atoms with van der Waals surface area (Å²) in [5.74, 6) is 3.03. The molecule has 1 saturated heterocycles. The van der Waals surface area contributed by atoms with Crippen LogP contribution in [-0.2, 0) is 4.79 Å². The van der Waals surface area contributed by atoms with Crippen LogP contribution in [0.15, 0.2) is 0 Å². The SMILES string of the molecule is CC(CC(=O)N1CC2CCC(N)C2C1)C1CCCCC1. The molecule has 0 spiro atoms. The minimum Gasteiger partial charge on any atom is -0.342 e. The Bertz CT molecular complexity index is 351. The van der Waals surface area contributed by atoms with Crippen LogP contribution in [0, 0.1) is 23.7 Å². The van der Waals surface area contributed by atoms with Gasteiger partial charge < -0.3 is 10.6 Å². The maximum Gasteiger partial charge on any atom is 0.222 e. The van der Waals surface area contributed by atoms with E-state index in [1.54, 1.807) is 0 Å². The quantitative estimate of drug-likeness (QED) is 0.863. The van der Waals surface area contributed by atoms with Gasteiger partial charge in [-0.25, -0.2) is 0 Å². The Morgan fingerprint density at radius 2 is 1.90 bits per heavy atom. The second-order valence-corrected chi connectivity index (χ2v) is 7.54. The number of nitrogens with zero attached hydrogens (tertiary/aromatic N) is 1. The fraction of sp³-hybridized carbons (Fsp3) is 0.941. The zero-order chi connectivity index (χ0) is 14.1. The molecule has 4 unspecified atom stereocenters. The second-order valence-electron chi connectivity index (χ2n) is 7.54. The topological polar surface area (TPSA) is 46.3 Å². The zero-order valence-corrected chi connectivity index (χ0v) is 12.9. The van der Waals surface area contributed by atoms with Gasteiger partial charge in [0.1, 0.15) is 0 Å². The summed E-state index contributed by atoms with van der Waals surface area (Å²) >= 11 is 0. The number of hydrogen-bond acceptors (Lipinski definition) is 2. The number of amides is 1. The van der Waals surface area contributed by atoms with Crippen molar-refractivity contribution in [1.82, 2.24) is 4.90 Å². The average molecular weight is 278 g/mol. The molecule has 2 aliphatic carbocycles. The van der Waals surface area contributed by atoms with Crippen LogP contribution in [0.25, 0.3) is 0 Å². The van der Waals surface area contributed by atoms with Gasteiger partial charge in [0.15, 0.2) is 0 Å². The maximum atomic E-state index is 12.5. The summed E-state index contributed by atoms with van der Waals surface area (Å²) in [6.45, 7) is 4.20. The van der Waals surface area contributed by atoms with Crippen LogP contribution in [0.4, 0.5) is 0 Å². The summed E-state index contributed by atoms with van der Waals surface area (Å²) in [7, 11) is 0. The van der Waals surface area contributed by atoms with Crippen LogP contribution in [0.2, 0.25) is 0 Å². The molecule has 1 heterocycles. The molecule has 4 atom stereocenters. The fourth-order valence-corrected chi connectivity index (χ4v) is 4.79. The third-order valence-electron chi connectivity index (χ3n) is 6.22. The van der Waals surface area contributed by atoms with E-state index in [4.69, 9.17) is 5.73 Å². The number of hydrogen-bond donors (Lipinski definition) is 1. The number of carbonyl (C=O) groups excluding carboxylic acids is 1. The van der Waals surface area contributed by atoms with Crippen molar-refractivity contribution in [2.24, 2.45) is 29.4 Å². The van der Waals surface area contributed by atoms with Gasteiger partial charge in [-0.3, -0.25) is 4.79 Å². The van der Waals surface area contributed by atoms with E-state index in [2.05, 4.69) is 11.8 Å². The highest BCUT2D eigenvalue weighted by molar-refractivity contribution is 5.76. The molecule has 0 aromatic rings. The fourth-order valence-electron chi connectivity index (χ4n) is 4.79. The molecule has 20 heavy (non-hydrogen) atoms. The van der Waals surface area contributed by atoms with E-state index in [0.29, 0.717) is 29.7 Å². The van der Waals surface area contributed by atoms with Crippen LogP contribution >= 0.6 is 0 Å². The van der Waals surface area contributed by atoms with Crippen molar-refractivity contribution < 1.29 is 4.79 Å². The molecule has 3 heteroatoms. The highest BCUT2D eigenvalue weighted by Gasteiger charge is 2.42. The van der Waals surface area contributed by atoms with Crippen molar-refractivity contribution in [1.29, 1.82) is 0 Å². The van der Waals surface area contributed by atoms with Crippen molar-refractivity contribution in [3.8, 4) is 0 Å². The van der Waals surface area contributed by atoms with Crippen LogP contribution in [0.3, 0.4) is 0 Å². The molecule has 1 amide bonds. The summed E-state index contributed by atoms with van der Waals surface area (Å²) < 4.78 is 0. The minimum atomic E-state index is 0.341. The highest BCUT2D eigenvalue weighted by Crippen LogP contribution is 2.38. The lowest BCUT2D eigenvalue weighted by Crippen LogP contribution is -2.34. The van der Waals surface area contributed by atoms with Crippen molar-refractivity contribution in [2.75, 3.05) is 13.1 Å². The lowest BCUT2D eigenvalue weighted by molar-refractivity contribution is -0.131. The number of fused-ring (bicyclic) bond motifs is 1. The molecule has 114 valence electrons. The van der Waals surface area contributed by atoms with Crippen molar-refractivity contribution in [3.05, 3.63) is 0 Å². The zero-order valence-electron chi connectivity index (χ0n) is 12.9. The first kappa shape index (κ1) is 14.4. The van der Waals surface area contributed by atoms with E-state index in [-0.39, 0.29) is 0 Å². The highest BCUT2D eigenvalue weighted by atomic mass is 16.2. The third kappa shape index (κ3) is 2.88. The first-order valence-electron chi connectivity index (χ1n) is 8.68. The van der Waals surface area contributed by atoms with Crippen LogP contribution in [0.1, 0.15) is 58.3 Å². The number of nitrogens with two attached hydrogens (primary N) is 1. The molecule has 3 fully saturated rings. The lowest BCUT2D eigenvalue weighted by Gasteiger charge is -2.29. The van der Waals surface area contributed by atoms with Gasteiger partial charge in [-0.2, -0.15) is 0 Å². The maximum absolute atomic E-state index is 12.5. The van der Waals surface area contributed by atoms with Gasteiger partial charge in [-0.1, -0.05) is 39.0 Å². The summed E-state index contributed by atoms with van der Waals surface area (Å²) in [6.07, 6.45) is 9.96. The molecule has 3 rings (SSSR count). The van der Waals surface area contributed by atoms with Gasteiger partial charge >= 0.3 is 0 Å². The monoisotopic (exact) mass is 278 g/mol. The molecular weight excluding hydrogens is 248 g/mol. The Kier molecular flexibility index (Phi) is 4.34. The third-order valence-corrected chi connectivity index (χ3v) is 6.22. The van der Waals surface area contributed by atoms with E-state index in [0.717, 1.165) is 31.8 Å². The minimum absolute atomic E-state index is 0.341. The van der Waals surface area contributed by atoms with Gasteiger partial charge in [0.05, 0.1) is 0 Å². The van der Waals surface area contributed by atoms with E-state index < -0.39 is 0 Å². The summed E-state index contributed by atoms with van der Waals surface area (Å²) in [5, 5.41) is 0. The Balaban J connectivity index is 1.49. The molecule has 3 aliphatic rings. The Labute approximate surface area is 123 Å². The predicted molar refractivity (Wildman–Crippen MR) is 81.1 cm³/mol. The van der Waals surface area contributed by atoms with Gasteiger partial charge in [0.25, 0.3) is 0 Å². The van der Waals surface area contributed by atoms with Crippen molar-refractivity contribution >= 4 is 5.91 Å². The summed E-state index contributed by atoms with van der Waals surface area (Å²) in [4.78, 5) is 14.6. The molecular formula is C17H30N2O. The Morgan fingerprint density at radius 3 is 2.60 bits per heavy atom. The van der Waals surface area contributed by atoms with Gasteiger partial charge in [0.2, 0.25) is 5.91 Å². The van der Waals surface area contributed by atoms with E-state index in [1.807, 2.05) is 0 Å². The van der Waals surface area contributed by atoms with E-state index in [9.17, 15) is 4.79 Å². The molecule has 1 aliphatic heterocycles. The first-order chi connectivity index (χ1) is 9.65. The molecule has 3 nitrogen and oxygen atoms in total. The normalized spacial score (nSPS) is 36.1. The van der Waals surface area contributed by atoms with Crippen molar-refractivity contribution in [3.63, 3.8) is 0 Å². The standard InChI is InChI=1S/C17H30N2O/c1-12(13-5-3-2-4-6-13)9-17(20)19-10-14-7-8-16(18)15(14)11-19/h12-16H,2-11,18H2,1H3. The molecule has 2 N–H and O–H groups in total. The van der Waals surface area contributed by atoms with Gasteiger partial charge in [0, 0.05) is 25.6 Å². The molecule has 0 aromatic carbocycles. The number of rotatable bonds is 3. The van der Waals surface area contributed by atoms with Gasteiger partial charge in [-0.05, 0) is 36.5 Å². The average Bonchev–Trinajstić information content (AvgIpc) is 3.02.